The van der Waals surface area contributed by atoms with E-state index in [1.165, 1.54) is 39.0 Å². The standard InChI is InChI=1S/C31H39N2O2/c1-7-32-23(6)19-24(29-21-27(35-10-4)15-17-31(29)32)12-11-13-25-18-22(5)28-20-26(34-9-3)14-16-30(28)33(25)8-2/h11-18,20-21,23H,7-10,19H2,1-6H3/q+1/t23-/m0/s1. The molecule has 0 radical (unpaired) electrons. The summed E-state index contributed by atoms with van der Waals surface area (Å²) in [6.07, 6.45) is 7.76. The molecule has 0 bridgehead atoms. The van der Waals surface area contributed by atoms with Crippen molar-refractivity contribution in [2.75, 3.05) is 24.7 Å². The van der Waals surface area contributed by atoms with Gasteiger partial charge in [0.2, 0.25) is 11.2 Å². The quantitative estimate of drug-likeness (QED) is 0.332. The number of allylic oxidation sites excluding steroid dienone is 2. The van der Waals surface area contributed by atoms with Crippen LogP contribution in [0.25, 0.3) is 22.6 Å². The Balaban J connectivity index is 1.73. The molecule has 184 valence electrons. The summed E-state index contributed by atoms with van der Waals surface area (Å²) in [5.41, 5.74) is 7.64. The highest BCUT2D eigenvalue weighted by molar-refractivity contribution is 5.83. The maximum atomic E-state index is 5.82. The second kappa shape index (κ2) is 11.0. The van der Waals surface area contributed by atoms with E-state index < -0.39 is 0 Å². The molecule has 2 heterocycles. The molecule has 3 aromatic rings. The molecule has 1 aromatic heterocycles. The van der Waals surface area contributed by atoms with Gasteiger partial charge in [0.15, 0.2) is 0 Å². The van der Waals surface area contributed by atoms with Gasteiger partial charge in [-0.3, -0.25) is 0 Å². The first-order valence-electron chi connectivity index (χ1n) is 13.0. The fourth-order valence-corrected chi connectivity index (χ4v) is 5.29. The third-order valence-electron chi connectivity index (χ3n) is 6.87. The molecule has 0 saturated carbocycles. The fraction of sp³-hybridized carbons (Fsp3) is 0.387. The number of fused-ring (bicyclic) bond motifs is 2. The van der Waals surface area contributed by atoms with E-state index in [9.17, 15) is 0 Å². The number of ether oxygens (including phenoxy) is 2. The molecule has 0 amide bonds. The van der Waals surface area contributed by atoms with E-state index in [0.717, 1.165) is 31.0 Å². The largest absolute Gasteiger partial charge is 0.494 e. The summed E-state index contributed by atoms with van der Waals surface area (Å²) in [4.78, 5) is 2.49. The number of nitrogens with zero attached hydrogens (tertiary/aromatic N) is 2. The van der Waals surface area contributed by atoms with E-state index in [1.807, 2.05) is 13.8 Å². The summed E-state index contributed by atoms with van der Waals surface area (Å²) in [5.74, 6) is 1.86. The van der Waals surface area contributed by atoms with E-state index in [0.29, 0.717) is 19.3 Å². The van der Waals surface area contributed by atoms with Crippen LogP contribution < -0.4 is 18.9 Å². The van der Waals surface area contributed by atoms with Crippen LogP contribution in [-0.4, -0.2) is 25.8 Å². The molecule has 4 rings (SSSR count). The Morgan fingerprint density at radius 2 is 1.69 bits per heavy atom. The van der Waals surface area contributed by atoms with Gasteiger partial charge in [0, 0.05) is 42.0 Å². The van der Waals surface area contributed by atoms with E-state index in [4.69, 9.17) is 9.47 Å². The van der Waals surface area contributed by atoms with Crippen molar-refractivity contribution >= 4 is 28.2 Å². The number of pyridine rings is 1. The first-order chi connectivity index (χ1) is 17.0. The van der Waals surface area contributed by atoms with Gasteiger partial charge in [-0.25, -0.2) is 0 Å². The first-order valence-corrected chi connectivity index (χ1v) is 13.0. The van der Waals surface area contributed by atoms with Gasteiger partial charge in [-0.2, -0.15) is 4.57 Å². The molecular formula is C31H39N2O2+. The predicted molar refractivity (Wildman–Crippen MR) is 147 cm³/mol. The molecule has 35 heavy (non-hydrogen) atoms. The number of hydrogen-bond acceptors (Lipinski definition) is 3. The van der Waals surface area contributed by atoms with Gasteiger partial charge in [0.1, 0.15) is 18.0 Å². The number of aryl methyl sites for hydroxylation is 2. The Kier molecular flexibility index (Phi) is 7.80. The predicted octanol–water partition coefficient (Wildman–Crippen LogP) is 6.97. The molecule has 0 aliphatic carbocycles. The summed E-state index contributed by atoms with van der Waals surface area (Å²) in [7, 11) is 0. The average Bonchev–Trinajstić information content (AvgIpc) is 2.85. The number of rotatable bonds is 8. The minimum Gasteiger partial charge on any atom is -0.494 e. The van der Waals surface area contributed by atoms with Crippen LogP contribution in [-0.2, 0) is 6.54 Å². The maximum Gasteiger partial charge on any atom is 0.213 e. The van der Waals surface area contributed by atoms with Gasteiger partial charge in [0.25, 0.3) is 0 Å². The van der Waals surface area contributed by atoms with E-state index in [2.05, 4.69) is 97.9 Å². The van der Waals surface area contributed by atoms with Crippen LogP contribution in [0.15, 0.2) is 54.6 Å². The minimum absolute atomic E-state index is 0.466. The zero-order valence-corrected chi connectivity index (χ0v) is 22.1. The topological polar surface area (TPSA) is 25.6 Å². The molecule has 1 aliphatic heterocycles. The molecule has 4 heteroatoms. The van der Waals surface area contributed by atoms with Crippen LogP contribution in [0.1, 0.15) is 57.9 Å². The zero-order chi connectivity index (χ0) is 24.9. The van der Waals surface area contributed by atoms with Crippen molar-refractivity contribution in [3.8, 4) is 11.5 Å². The molecule has 1 aliphatic rings. The van der Waals surface area contributed by atoms with Crippen molar-refractivity contribution < 1.29 is 14.0 Å². The summed E-state index contributed by atoms with van der Waals surface area (Å²) in [6, 6.07) is 15.7. The van der Waals surface area contributed by atoms with Crippen molar-refractivity contribution in [1.29, 1.82) is 0 Å². The Bertz CT molecular complexity index is 1260. The lowest BCUT2D eigenvalue weighted by Crippen LogP contribution is -2.37. The molecule has 0 saturated heterocycles. The van der Waals surface area contributed by atoms with Crippen molar-refractivity contribution in [2.45, 2.75) is 60.5 Å². The lowest BCUT2D eigenvalue weighted by atomic mass is 9.90. The van der Waals surface area contributed by atoms with Gasteiger partial charge >= 0.3 is 0 Å². The van der Waals surface area contributed by atoms with Crippen molar-refractivity contribution in [1.82, 2.24) is 0 Å². The van der Waals surface area contributed by atoms with Crippen LogP contribution in [0, 0.1) is 6.92 Å². The molecule has 2 aromatic carbocycles. The second-order valence-corrected chi connectivity index (χ2v) is 9.11. The SMILES string of the molecule is CCOc1ccc2c(c1)/C(=C/C=C/c1cc(C)c3cc(OCC)ccc3[n+]1CC)C[C@H](C)N2CC. The Morgan fingerprint density at radius 1 is 0.971 bits per heavy atom. The van der Waals surface area contributed by atoms with E-state index in [-0.39, 0.29) is 0 Å². The normalized spacial score (nSPS) is 16.8. The van der Waals surface area contributed by atoms with Crippen molar-refractivity contribution in [3.63, 3.8) is 0 Å². The third kappa shape index (κ3) is 5.07. The molecule has 1 atom stereocenters. The average molecular weight is 472 g/mol. The maximum absolute atomic E-state index is 5.82. The van der Waals surface area contributed by atoms with Crippen LogP contribution in [0.3, 0.4) is 0 Å². The Morgan fingerprint density at radius 3 is 2.37 bits per heavy atom. The number of benzene rings is 2. The van der Waals surface area contributed by atoms with Crippen LogP contribution in [0.4, 0.5) is 5.69 Å². The summed E-state index contributed by atoms with van der Waals surface area (Å²) in [6.45, 7) is 16.3. The monoisotopic (exact) mass is 471 g/mol. The zero-order valence-electron chi connectivity index (χ0n) is 22.1. The lowest BCUT2D eigenvalue weighted by molar-refractivity contribution is -0.669. The van der Waals surface area contributed by atoms with Gasteiger partial charge in [-0.1, -0.05) is 12.2 Å². The van der Waals surface area contributed by atoms with E-state index >= 15 is 0 Å². The smallest absolute Gasteiger partial charge is 0.213 e. The summed E-state index contributed by atoms with van der Waals surface area (Å²) < 4.78 is 13.9. The fourth-order valence-electron chi connectivity index (χ4n) is 5.29. The molecule has 4 nitrogen and oxygen atoms in total. The van der Waals surface area contributed by atoms with Gasteiger partial charge in [-0.15, -0.1) is 0 Å². The summed E-state index contributed by atoms with van der Waals surface area (Å²) >= 11 is 0. The van der Waals surface area contributed by atoms with Crippen molar-refractivity contribution in [2.24, 2.45) is 0 Å². The van der Waals surface area contributed by atoms with Gasteiger partial charge < -0.3 is 14.4 Å². The lowest BCUT2D eigenvalue weighted by Gasteiger charge is -2.37. The van der Waals surface area contributed by atoms with Gasteiger partial charge in [-0.05, 0) is 89.4 Å². The Hall–Kier alpha value is -3.27. The number of aromatic nitrogens is 1. The highest BCUT2D eigenvalue weighted by atomic mass is 16.5. The minimum atomic E-state index is 0.466. The number of hydrogen-bond donors (Lipinski definition) is 0. The highest BCUT2D eigenvalue weighted by Crippen LogP contribution is 2.39. The molecule has 0 spiro atoms. The highest BCUT2D eigenvalue weighted by Gasteiger charge is 2.25. The van der Waals surface area contributed by atoms with Gasteiger partial charge in [0.05, 0.1) is 18.6 Å². The number of anilines is 1. The second-order valence-electron chi connectivity index (χ2n) is 9.11. The molecular weight excluding hydrogens is 432 g/mol. The Labute approximate surface area is 210 Å². The van der Waals surface area contributed by atoms with Crippen molar-refractivity contribution in [3.05, 3.63) is 71.4 Å². The van der Waals surface area contributed by atoms with Crippen LogP contribution in [0.2, 0.25) is 0 Å². The molecule has 0 N–H and O–H groups in total. The van der Waals surface area contributed by atoms with E-state index in [1.54, 1.807) is 0 Å². The third-order valence-corrected chi connectivity index (χ3v) is 6.87. The first kappa shape index (κ1) is 24.8. The van der Waals surface area contributed by atoms with Crippen LogP contribution >= 0.6 is 0 Å². The molecule has 0 unspecified atom stereocenters. The van der Waals surface area contributed by atoms with Crippen LogP contribution in [0.5, 0.6) is 11.5 Å². The summed E-state index contributed by atoms with van der Waals surface area (Å²) in [5, 5.41) is 1.24. The molecule has 0 fully saturated rings.